The minimum Gasteiger partial charge on any atom is -0.477 e. The quantitative estimate of drug-likeness (QED) is 0.397. The fourth-order valence-electron chi connectivity index (χ4n) is 3.79. The van der Waals surface area contributed by atoms with Crippen LogP contribution >= 0.6 is 11.5 Å². The lowest BCUT2D eigenvalue weighted by Gasteiger charge is -2.33. The van der Waals surface area contributed by atoms with Gasteiger partial charge in [-0.2, -0.15) is 17.5 Å². The van der Waals surface area contributed by atoms with Crippen LogP contribution in [-0.4, -0.2) is 62.5 Å². The molecule has 0 aliphatic carbocycles. The molecule has 1 amide bonds. The van der Waals surface area contributed by atoms with Gasteiger partial charge in [-0.15, -0.1) is 0 Å². The number of piperidine rings is 1. The van der Waals surface area contributed by atoms with Gasteiger partial charge in [-0.05, 0) is 44.0 Å². The predicted molar refractivity (Wildman–Crippen MR) is 130 cm³/mol. The molecule has 0 aromatic carbocycles. The molecule has 2 N–H and O–H groups in total. The largest absolute Gasteiger partial charge is 0.477 e. The van der Waals surface area contributed by atoms with Gasteiger partial charge in [0.05, 0.1) is 42.1 Å². The summed E-state index contributed by atoms with van der Waals surface area (Å²) in [6.45, 7) is 5.93. The number of nitrogens with one attached hydrogen (secondary N) is 2. The van der Waals surface area contributed by atoms with Crippen molar-refractivity contribution in [3.63, 3.8) is 0 Å². The van der Waals surface area contributed by atoms with Crippen LogP contribution in [0.3, 0.4) is 0 Å². The van der Waals surface area contributed by atoms with Gasteiger partial charge in [-0.25, -0.2) is 19.3 Å². The first-order valence-corrected chi connectivity index (χ1v) is 12.3. The van der Waals surface area contributed by atoms with Crippen LogP contribution in [0.5, 0.6) is 5.88 Å². The summed E-state index contributed by atoms with van der Waals surface area (Å²) < 4.78 is 62.3. The lowest BCUT2D eigenvalue weighted by molar-refractivity contribution is -0.141. The fraction of sp³-hybridized carbons (Fsp3) is 0.435. The molecule has 3 aromatic rings. The van der Waals surface area contributed by atoms with Gasteiger partial charge in [0.15, 0.2) is 5.69 Å². The number of alkyl halides is 4. The van der Waals surface area contributed by atoms with Gasteiger partial charge in [-0.3, -0.25) is 4.79 Å². The molecule has 1 saturated heterocycles. The average Bonchev–Trinajstić information content (AvgIpc) is 3.23. The Bertz CT molecular complexity index is 1210. The molecular weight excluding hydrogens is 514 g/mol. The van der Waals surface area contributed by atoms with Crippen molar-refractivity contribution in [1.29, 1.82) is 0 Å². The van der Waals surface area contributed by atoms with Crippen LogP contribution in [0.15, 0.2) is 30.7 Å². The maximum atomic E-state index is 14.3. The average molecular weight is 540 g/mol. The van der Waals surface area contributed by atoms with E-state index in [1.807, 2.05) is 6.92 Å². The summed E-state index contributed by atoms with van der Waals surface area (Å²) in [5, 5.41) is 5.80. The normalized spacial score (nSPS) is 18.4. The zero-order chi connectivity index (χ0) is 26.6. The minimum absolute atomic E-state index is 0.0322. The first kappa shape index (κ1) is 26.7. The molecule has 0 spiro atoms. The van der Waals surface area contributed by atoms with E-state index in [1.54, 1.807) is 19.1 Å². The summed E-state index contributed by atoms with van der Waals surface area (Å²) in [6.07, 6.45) is -1.89. The summed E-state index contributed by atoms with van der Waals surface area (Å²) in [5.41, 5.74) is -0.0993. The predicted octanol–water partition coefficient (Wildman–Crippen LogP) is 4.71. The zero-order valence-corrected chi connectivity index (χ0v) is 20.9. The number of pyridine rings is 1. The highest BCUT2D eigenvalue weighted by Crippen LogP contribution is 2.30. The topological polar surface area (TPSA) is 105 Å². The molecule has 4 rings (SSSR count). The molecule has 4 heterocycles. The summed E-state index contributed by atoms with van der Waals surface area (Å²) in [5.74, 6) is -0.338. The molecule has 1 aliphatic heterocycles. The lowest BCUT2D eigenvalue weighted by Crippen LogP contribution is -2.43. The van der Waals surface area contributed by atoms with Gasteiger partial charge in [0, 0.05) is 18.5 Å². The summed E-state index contributed by atoms with van der Waals surface area (Å²) in [7, 11) is 0. The Morgan fingerprint density at radius 2 is 2.03 bits per heavy atom. The second-order valence-electron chi connectivity index (χ2n) is 8.49. The van der Waals surface area contributed by atoms with Crippen molar-refractivity contribution in [3.8, 4) is 5.88 Å². The Morgan fingerprint density at radius 3 is 2.65 bits per heavy atom. The van der Waals surface area contributed by atoms with Crippen LogP contribution in [0.25, 0.3) is 0 Å². The Hall–Kier alpha value is -3.39. The smallest absolute Gasteiger partial charge is 0.434 e. The molecule has 9 nitrogen and oxygen atoms in total. The van der Waals surface area contributed by atoms with E-state index in [0.717, 1.165) is 30.8 Å². The maximum absolute atomic E-state index is 14.3. The van der Waals surface area contributed by atoms with E-state index in [0.29, 0.717) is 41.4 Å². The summed E-state index contributed by atoms with van der Waals surface area (Å²) in [6, 6.07) is 3.19. The van der Waals surface area contributed by atoms with E-state index in [9.17, 15) is 22.4 Å². The van der Waals surface area contributed by atoms with Crippen LogP contribution in [0, 0.1) is 12.8 Å². The molecule has 0 unspecified atom stereocenters. The highest BCUT2D eigenvalue weighted by molar-refractivity contribution is 7.10. The Balaban J connectivity index is 1.35. The van der Waals surface area contributed by atoms with E-state index in [2.05, 4.69) is 34.9 Å². The molecule has 0 radical (unpaired) electrons. The third kappa shape index (κ3) is 6.68. The first-order valence-electron chi connectivity index (χ1n) is 11.5. The van der Waals surface area contributed by atoms with Crippen molar-refractivity contribution in [2.45, 2.75) is 32.6 Å². The molecule has 14 heteroatoms. The van der Waals surface area contributed by atoms with Crippen LogP contribution in [0.2, 0.25) is 0 Å². The molecule has 0 saturated carbocycles. The molecule has 1 fully saturated rings. The number of carbonyl (C=O) groups excluding carboxylic acids is 1. The van der Waals surface area contributed by atoms with Crippen LogP contribution in [0.1, 0.15) is 35.1 Å². The van der Waals surface area contributed by atoms with Crippen LogP contribution < -0.4 is 15.4 Å². The molecule has 37 heavy (non-hydrogen) atoms. The molecular formula is C23H25F4N7O2S. The summed E-state index contributed by atoms with van der Waals surface area (Å²) in [4.78, 5) is 26.2. The number of carbonyl (C=O) groups is 1. The van der Waals surface area contributed by atoms with Gasteiger partial charge < -0.3 is 20.3 Å². The number of aryl methyl sites for hydroxylation is 1. The number of hydrogen-bond donors (Lipinski definition) is 2. The maximum Gasteiger partial charge on any atom is 0.434 e. The summed E-state index contributed by atoms with van der Waals surface area (Å²) >= 11 is 0.963. The van der Waals surface area contributed by atoms with Crippen molar-refractivity contribution in [1.82, 2.24) is 24.2 Å². The van der Waals surface area contributed by atoms with Crippen molar-refractivity contribution in [2.75, 3.05) is 36.9 Å². The standard InChI is InChI=1S/C23H25F4N7O2S/c1-3-34-7-6-14(16(24)11-34)12-36-19-5-4-15(8-30-19)31-21(35)20-13(2)33-37-22(20)32-18-10-28-17(9-29-18)23(25,26)27/h4-5,8-10,14,16H,3,6-7,11-12H2,1-2H3,(H,29,32)(H,31,35)/t14-,16+/m0/s1. The number of halogens is 4. The molecule has 0 bridgehead atoms. The Kier molecular flexibility index (Phi) is 8.17. The fourth-order valence-corrected chi connectivity index (χ4v) is 4.60. The first-order chi connectivity index (χ1) is 17.6. The third-order valence-electron chi connectivity index (χ3n) is 5.92. The monoisotopic (exact) mass is 539 g/mol. The second kappa shape index (κ2) is 11.3. The third-order valence-corrected chi connectivity index (χ3v) is 6.77. The second-order valence-corrected chi connectivity index (χ2v) is 9.26. The molecule has 1 aliphatic rings. The number of hydrogen-bond acceptors (Lipinski definition) is 9. The number of nitrogens with zero attached hydrogens (tertiary/aromatic N) is 5. The van der Waals surface area contributed by atoms with Crippen LogP contribution in [-0.2, 0) is 6.18 Å². The van der Waals surface area contributed by atoms with E-state index >= 15 is 0 Å². The highest BCUT2D eigenvalue weighted by Gasteiger charge is 2.33. The number of anilines is 3. The SMILES string of the molecule is CCN1CC[C@@H](COc2ccc(NC(=O)c3c(C)nsc3Nc3cnc(C(F)(F)F)cn3)cn2)[C@H](F)C1. The number of ether oxygens (including phenoxy) is 1. The van der Waals surface area contributed by atoms with E-state index < -0.39 is 23.9 Å². The van der Waals surface area contributed by atoms with Crippen molar-refractivity contribution >= 4 is 33.9 Å². The molecule has 3 aromatic heterocycles. The number of aromatic nitrogens is 4. The van der Waals surface area contributed by atoms with Gasteiger partial charge in [-0.1, -0.05) is 6.92 Å². The van der Waals surface area contributed by atoms with Crippen molar-refractivity contribution in [3.05, 3.63) is 47.7 Å². The molecule has 198 valence electrons. The Morgan fingerprint density at radius 1 is 1.22 bits per heavy atom. The zero-order valence-electron chi connectivity index (χ0n) is 20.0. The Labute approximate surface area is 214 Å². The number of likely N-dealkylation sites (tertiary alicyclic amines) is 1. The van der Waals surface area contributed by atoms with Crippen LogP contribution in [0.4, 0.5) is 34.1 Å². The van der Waals surface area contributed by atoms with Gasteiger partial charge in [0.25, 0.3) is 5.91 Å². The van der Waals surface area contributed by atoms with E-state index in [-0.39, 0.29) is 23.9 Å². The van der Waals surface area contributed by atoms with Crippen molar-refractivity contribution in [2.24, 2.45) is 5.92 Å². The van der Waals surface area contributed by atoms with Gasteiger partial charge in [0.1, 0.15) is 17.0 Å². The van der Waals surface area contributed by atoms with Gasteiger partial charge >= 0.3 is 6.18 Å². The minimum atomic E-state index is -4.60. The van der Waals surface area contributed by atoms with Gasteiger partial charge in [0.2, 0.25) is 5.88 Å². The van der Waals surface area contributed by atoms with E-state index in [4.69, 9.17) is 4.74 Å². The molecule has 2 atom stereocenters. The van der Waals surface area contributed by atoms with Crippen molar-refractivity contribution < 1.29 is 27.1 Å². The lowest BCUT2D eigenvalue weighted by atomic mass is 9.96. The number of amides is 1. The van der Waals surface area contributed by atoms with E-state index in [1.165, 1.54) is 6.20 Å². The number of rotatable bonds is 8. The highest BCUT2D eigenvalue weighted by atomic mass is 32.1.